The summed E-state index contributed by atoms with van der Waals surface area (Å²) in [4.78, 5) is 15.9. The van der Waals surface area contributed by atoms with Gasteiger partial charge in [0.15, 0.2) is 0 Å². The van der Waals surface area contributed by atoms with Crippen molar-refractivity contribution in [3.05, 3.63) is 56.6 Å². The largest absolute Gasteiger partial charge is 0.417 e. The van der Waals surface area contributed by atoms with E-state index in [2.05, 4.69) is 42.2 Å². The van der Waals surface area contributed by atoms with Crippen LogP contribution in [0.3, 0.4) is 0 Å². The lowest BCUT2D eigenvalue weighted by Gasteiger charge is -2.13. The number of pyridine rings is 1. The molecule has 0 atom stereocenters. The predicted molar refractivity (Wildman–Crippen MR) is 79.0 cm³/mol. The van der Waals surface area contributed by atoms with Crippen LogP contribution >= 0.6 is 31.9 Å². The van der Waals surface area contributed by atoms with E-state index in [1.165, 1.54) is 18.3 Å². The molecule has 0 aliphatic carbocycles. The summed E-state index contributed by atoms with van der Waals surface area (Å²) in [5.74, 6) is -0.717. The molecule has 8 heteroatoms. The van der Waals surface area contributed by atoms with Crippen LogP contribution in [-0.4, -0.2) is 10.9 Å². The summed E-state index contributed by atoms with van der Waals surface area (Å²) in [5, 5.41) is 2.34. The number of hydrogen-bond donors (Lipinski definition) is 1. The number of benzene rings is 1. The molecular weight excluding hydrogens is 417 g/mol. The van der Waals surface area contributed by atoms with Gasteiger partial charge in [-0.25, -0.2) is 4.98 Å². The molecule has 0 bridgehead atoms. The van der Waals surface area contributed by atoms with E-state index in [0.717, 1.165) is 12.1 Å². The van der Waals surface area contributed by atoms with Crippen LogP contribution in [-0.2, 0) is 6.18 Å². The molecule has 0 aliphatic heterocycles. The zero-order valence-electron chi connectivity index (χ0n) is 10.2. The standard InChI is InChI=1S/C13H7Br2F3N2O/c14-7-1-2-9(10(5-7)13(16,17)18)12(21)20-11-6-8(15)3-4-19-11/h1-6H,(H,19,20,21). The highest BCUT2D eigenvalue weighted by Gasteiger charge is 2.35. The highest BCUT2D eigenvalue weighted by molar-refractivity contribution is 9.10. The Bertz CT molecular complexity index is 689. The molecule has 2 aromatic rings. The Labute approximate surface area is 134 Å². The van der Waals surface area contributed by atoms with Crippen molar-refractivity contribution in [2.45, 2.75) is 6.18 Å². The van der Waals surface area contributed by atoms with Gasteiger partial charge in [0.1, 0.15) is 5.82 Å². The summed E-state index contributed by atoms with van der Waals surface area (Å²) >= 11 is 6.15. The molecule has 3 nitrogen and oxygen atoms in total. The molecule has 110 valence electrons. The predicted octanol–water partition coefficient (Wildman–Crippen LogP) is 4.88. The molecule has 1 amide bonds. The van der Waals surface area contributed by atoms with E-state index >= 15 is 0 Å². The topological polar surface area (TPSA) is 42.0 Å². The third-order valence-corrected chi connectivity index (χ3v) is 3.48. The number of carbonyl (C=O) groups excluding carboxylic acids is 1. The summed E-state index contributed by atoms with van der Waals surface area (Å²) < 4.78 is 39.8. The van der Waals surface area contributed by atoms with Crippen molar-refractivity contribution in [3.8, 4) is 0 Å². The average molecular weight is 424 g/mol. The van der Waals surface area contributed by atoms with Crippen molar-refractivity contribution in [2.75, 3.05) is 5.32 Å². The normalized spacial score (nSPS) is 11.3. The van der Waals surface area contributed by atoms with E-state index in [-0.39, 0.29) is 10.3 Å². The molecule has 0 unspecified atom stereocenters. The molecule has 0 radical (unpaired) electrons. The average Bonchev–Trinajstić information content (AvgIpc) is 2.37. The molecule has 1 heterocycles. The second kappa shape index (κ2) is 6.15. The maximum atomic E-state index is 13.0. The number of rotatable bonds is 2. The lowest BCUT2D eigenvalue weighted by atomic mass is 10.1. The summed E-state index contributed by atoms with van der Waals surface area (Å²) in [6, 6.07) is 6.47. The van der Waals surface area contributed by atoms with Crippen molar-refractivity contribution < 1.29 is 18.0 Å². The number of halogens is 5. The number of anilines is 1. The van der Waals surface area contributed by atoms with Crippen molar-refractivity contribution >= 4 is 43.6 Å². The molecule has 1 N–H and O–H groups in total. The molecule has 0 saturated heterocycles. The Balaban J connectivity index is 2.35. The molecule has 0 saturated carbocycles. The lowest BCUT2D eigenvalue weighted by Crippen LogP contribution is -2.19. The van der Waals surface area contributed by atoms with Gasteiger partial charge in [0.05, 0.1) is 11.1 Å². The molecule has 1 aromatic carbocycles. The van der Waals surface area contributed by atoms with Crippen LogP contribution in [0.4, 0.5) is 19.0 Å². The maximum absolute atomic E-state index is 13.0. The Morgan fingerprint density at radius 3 is 2.38 bits per heavy atom. The molecule has 2 rings (SSSR count). The molecule has 1 aromatic heterocycles. The van der Waals surface area contributed by atoms with Gasteiger partial charge in [0, 0.05) is 15.1 Å². The molecule has 0 spiro atoms. The van der Waals surface area contributed by atoms with Crippen LogP contribution in [0.25, 0.3) is 0 Å². The number of hydrogen-bond acceptors (Lipinski definition) is 2. The minimum Gasteiger partial charge on any atom is -0.307 e. The SMILES string of the molecule is O=C(Nc1cc(Br)ccn1)c1ccc(Br)cc1C(F)(F)F. The van der Waals surface area contributed by atoms with Gasteiger partial charge in [-0.1, -0.05) is 31.9 Å². The molecule has 0 aliphatic rings. The lowest BCUT2D eigenvalue weighted by molar-refractivity contribution is -0.137. The Hall–Kier alpha value is -1.41. The minimum atomic E-state index is -4.62. The van der Waals surface area contributed by atoms with Crippen LogP contribution in [0.2, 0.25) is 0 Å². The van der Waals surface area contributed by atoms with Gasteiger partial charge < -0.3 is 5.32 Å². The molecular formula is C13H7Br2F3N2O. The van der Waals surface area contributed by atoms with Crippen LogP contribution in [0, 0.1) is 0 Å². The fraction of sp³-hybridized carbons (Fsp3) is 0.0769. The monoisotopic (exact) mass is 422 g/mol. The summed E-state index contributed by atoms with van der Waals surface area (Å²) in [6.45, 7) is 0. The van der Waals surface area contributed by atoms with E-state index in [9.17, 15) is 18.0 Å². The fourth-order valence-electron chi connectivity index (χ4n) is 1.61. The summed E-state index contributed by atoms with van der Waals surface area (Å²) in [6.07, 6.45) is -3.20. The van der Waals surface area contributed by atoms with E-state index in [0.29, 0.717) is 4.47 Å². The maximum Gasteiger partial charge on any atom is 0.417 e. The van der Waals surface area contributed by atoms with E-state index in [1.807, 2.05) is 0 Å². The highest BCUT2D eigenvalue weighted by atomic mass is 79.9. The second-order valence-corrected chi connectivity index (χ2v) is 5.83. The number of nitrogens with one attached hydrogen (secondary N) is 1. The second-order valence-electron chi connectivity index (χ2n) is 4.00. The zero-order valence-corrected chi connectivity index (χ0v) is 13.4. The zero-order chi connectivity index (χ0) is 15.6. The van der Waals surface area contributed by atoms with Gasteiger partial charge in [-0.15, -0.1) is 0 Å². The fourth-order valence-corrected chi connectivity index (χ4v) is 2.30. The van der Waals surface area contributed by atoms with Gasteiger partial charge in [-0.3, -0.25) is 4.79 Å². The Morgan fingerprint density at radius 2 is 1.76 bits per heavy atom. The van der Waals surface area contributed by atoms with Crippen molar-refractivity contribution in [1.82, 2.24) is 4.98 Å². The van der Waals surface area contributed by atoms with Crippen LogP contribution < -0.4 is 5.32 Å². The summed E-state index contributed by atoms with van der Waals surface area (Å²) in [7, 11) is 0. The highest BCUT2D eigenvalue weighted by Crippen LogP contribution is 2.34. The van der Waals surface area contributed by atoms with E-state index in [1.54, 1.807) is 6.07 Å². The first-order chi connectivity index (χ1) is 9.77. The number of nitrogens with zero attached hydrogens (tertiary/aromatic N) is 1. The quantitative estimate of drug-likeness (QED) is 0.748. The molecule has 21 heavy (non-hydrogen) atoms. The number of alkyl halides is 3. The summed E-state index contributed by atoms with van der Waals surface area (Å²) in [5.41, 5.74) is -1.48. The van der Waals surface area contributed by atoms with Crippen LogP contribution in [0.15, 0.2) is 45.5 Å². The number of amides is 1. The Morgan fingerprint density at radius 1 is 1.10 bits per heavy atom. The first kappa shape index (κ1) is 16.0. The number of aromatic nitrogens is 1. The third-order valence-electron chi connectivity index (χ3n) is 2.50. The number of carbonyl (C=O) groups is 1. The first-order valence-corrected chi connectivity index (χ1v) is 7.15. The van der Waals surface area contributed by atoms with Gasteiger partial charge >= 0.3 is 6.18 Å². The van der Waals surface area contributed by atoms with Crippen molar-refractivity contribution in [3.63, 3.8) is 0 Å². The van der Waals surface area contributed by atoms with Crippen LogP contribution in [0.5, 0.6) is 0 Å². The van der Waals surface area contributed by atoms with Crippen LogP contribution in [0.1, 0.15) is 15.9 Å². The smallest absolute Gasteiger partial charge is 0.307 e. The van der Waals surface area contributed by atoms with Crippen molar-refractivity contribution in [1.29, 1.82) is 0 Å². The van der Waals surface area contributed by atoms with Gasteiger partial charge in [0.25, 0.3) is 5.91 Å². The van der Waals surface area contributed by atoms with E-state index in [4.69, 9.17) is 0 Å². The van der Waals surface area contributed by atoms with Gasteiger partial charge in [-0.05, 0) is 30.3 Å². The molecule has 0 fully saturated rings. The minimum absolute atomic E-state index is 0.158. The van der Waals surface area contributed by atoms with Gasteiger partial charge in [0.2, 0.25) is 0 Å². The van der Waals surface area contributed by atoms with E-state index < -0.39 is 23.2 Å². The van der Waals surface area contributed by atoms with Gasteiger partial charge in [-0.2, -0.15) is 13.2 Å². The Kier molecular flexibility index (Phi) is 4.67. The first-order valence-electron chi connectivity index (χ1n) is 5.57. The third kappa shape index (κ3) is 4.04. The van der Waals surface area contributed by atoms with Crippen molar-refractivity contribution in [2.24, 2.45) is 0 Å².